The summed E-state index contributed by atoms with van der Waals surface area (Å²) in [6.07, 6.45) is 5.87. The van der Waals surface area contributed by atoms with Crippen LogP contribution in [0.1, 0.15) is 12.0 Å². The van der Waals surface area contributed by atoms with Crippen molar-refractivity contribution in [1.82, 2.24) is 9.65 Å². The monoisotopic (exact) mass is 325 g/mol. The van der Waals surface area contributed by atoms with Crippen LogP contribution in [0.15, 0.2) is 12.3 Å². The molecule has 6 heteroatoms. The van der Waals surface area contributed by atoms with Crippen molar-refractivity contribution in [2.24, 2.45) is 0 Å². The molecular formula is C11H15N3OPY-. The van der Waals surface area contributed by atoms with Crippen molar-refractivity contribution in [2.75, 3.05) is 18.0 Å². The average Bonchev–Trinajstić information content (AvgIpc) is 2.88. The Morgan fingerprint density at radius 3 is 2.88 bits per heavy atom. The normalized spacial score (nSPS) is 27.3. The second-order valence-corrected chi connectivity index (χ2v) is 5.18. The molecule has 3 heterocycles. The van der Waals surface area contributed by atoms with Gasteiger partial charge < -0.3 is 15.0 Å². The summed E-state index contributed by atoms with van der Waals surface area (Å²) in [4.78, 5) is 6.45. The fraction of sp³-hybridized carbons (Fsp3) is 0.545. The molecule has 89 valence electrons. The molecule has 0 saturated carbocycles. The van der Waals surface area contributed by atoms with Crippen molar-refractivity contribution in [3.63, 3.8) is 0 Å². The smallest absolute Gasteiger partial charge is 0.0472 e. The quantitative estimate of drug-likeness (QED) is 0.632. The summed E-state index contributed by atoms with van der Waals surface area (Å²) >= 11 is 0. The number of pyridine rings is 1. The summed E-state index contributed by atoms with van der Waals surface area (Å²) in [5.74, 6) is 0. The van der Waals surface area contributed by atoms with Gasteiger partial charge in [0.15, 0.2) is 0 Å². The van der Waals surface area contributed by atoms with Crippen LogP contribution in [-0.4, -0.2) is 39.9 Å². The van der Waals surface area contributed by atoms with Gasteiger partial charge >= 0.3 is 0 Å². The molecular weight excluding hydrogens is 310 g/mol. The van der Waals surface area contributed by atoms with Crippen LogP contribution in [0.4, 0.5) is 5.69 Å². The minimum atomic E-state index is 0. The Balaban J connectivity index is 0.00000108. The van der Waals surface area contributed by atoms with Crippen LogP contribution < -0.4 is 4.90 Å². The molecule has 3 atom stereocenters. The molecule has 2 fully saturated rings. The maximum atomic E-state index is 9.08. The van der Waals surface area contributed by atoms with E-state index in [1.807, 2.05) is 12.3 Å². The van der Waals surface area contributed by atoms with Gasteiger partial charge in [0, 0.05) is 64.5 Å². The number of aromatic nitrogens is 1. The third kappa shape index (κ3) is 2.57. The van der Waals surface area contributed by atoms with E-state index < -0.39 is 0 Å². The van der Waals surface area contributed by atoms with Gasteiger partial charge in [0.2, 0.25) is 0 Å². The first-order chi connectivity index (χ1) is 7.78. The average molecular weight is 325 g/mol. The Morgan fingerprint density at radius 1 is 1.47 bits per heavy atom. The standard InChI is InChI=1S/C11H15N3OP.Y/c15-7-8-1-9(4-12-3-8)13-5-11-2-10(13)6-14(11)16;/h1,4,10-11,15H,2,5-7,16H2;/q-1;. The number of rotatable bonds is 2. The first-order valence-corrected chi connectivity index (χ1v) is 6.05. The Hall–Kier alpha value is 0.404. The molecule has 3 rings (SSSR count). The maximum Gasteiger partial charge on any atom is 0.0472 e. The Kier molecular flexibility index (Phi) is 4.54. The molecule has 1 N–H and O–H groups in total. The van der Waals surface area contributed by atoms with Gasteiger partial charge in [0.1, 0.15) is 0 Å². The predicted molar refractivity (Wildman–Crippen MR) is 65.0 cm³/mol. The van der Waals surface area contributed by atoms with Gasteiger partial charge in [-0.15, -0.1) is 11.6 Å². The molecule has 1 radical (unpaired) electrons. The Bertz CT molecular complexity index is 404. The van der Waals surface area contributed by atoms with E-state index in [4.69, 9.17) is 5.11 Å². The minimum absolute atomic E-state index is 0. The number of fused-ring (bicyclic) bond motifs is 2. The summed E-state index contributed by atoms with van der Waals surface area (Å²) < 4.78 is 2.34. The van der Waals surface area contributed by atoms with Crippen LogP contribution in [0.25, 0.3) is 0 Å². The van der Waals surface area contributed by atoms with Crippen LogP contribution in [0, 0.1) is 6.20 Å². The van der Waals surface area contributed by atoms with Crippen LogP contribution in [0.3, 0.4) is 0 Å². The second-order valence-electron chi connectivity index (χ2n) is 4.52. The van der Waals surface area contributed by atoms with Crippen molar-refractivity contribution in [3.05, 3.63) is 24.0 Å². The van der Waals surface area contributed by atoms with Crippen molar-refractivity contribution in [3.8, 4) is 0 Å². The summed E-state index contributed by atoms with van der Waals surface area (Å²) in [7, 11) is 2.80. The summed E-state index contributed by atoms with van der Waals surface area (Å²) in [5, 5.41) is 9.08. The topological polar surface area (TPSA) is 39.6 Å². The number of nitrogens with zero attached hydrogens (tertiary/aromatic N) is 3. The molecule has 0 spiro atoms. The zero-order chi connectivity index (χ0) is 11.1. The van der Waals surface area contributed by atoms with Crippen LogP contribution in [0.5, 0.6) is 0 Å². The van der Waals surface area contributed by atoms with Crippen molar-refractivity contribution in [1.29, 1.82) is 0 Å². The molecule has 3 unspecified atom stereocenters. The minimum Gasteiger partial charge on any atom is -0.394 e. The molecule has 1 aromatic rings. The fourth-order valence-electron chi connectivity index (χ4n) is 2.68. The summed E-state index contributed by atoms with van der Waals surface area (Å²) in [5.41, 5.74) is 1.89. The third-order valence-corrected chi connectivity index (χ3v) is 4.14. The molecule has 0 aliphatic carbocycles. The number of aliphatic hydroxyl groups is 1. The largest absolute Gasteiger partial charge is 0.394 e. The first kappa shape index (κ1) is 13.8. The van der Waals surface area contributed by atoms with Crippen molar-refractivity contribution < 1.29 is 37.8 Å². The summed E-state index contributed by atoms with van der Waals surface area (Å²) in [6.45, 7) is 2.17. The van der Waals surface area contributed by atoms with E-state index >= 15 is 0 Å². The van der Waals surface area contributed by atoms with E-state index in [0.717, 1.165) is 24.3 Å². The van der Waals surface area contributed by atoms with Gasteiger partial charge in [-0.05, 0) is 6.42 Å². The molecule has 0 amide bonds. The molecule has 1 aromatic heterocycles. The van der Waals surface area contributed by atoms with Gasteiger partial charge in [-0.2, -0.15) is 0 Å². The van der Waals surface area contributed by atoms with Crippen molar-refractivity contribution in [2.45, 2.75) is 25.1 Å². The van der Waals surface area contributed by atoms with Gasteiger partial charge in [-0.1, -0.05) is 27.5 Å². The number of anilines is 1. The van der Waals surface area contributed by atoms with E-state index in [-0.39, 0.29) is 39.3 Å². The zero-order valence-corrected chi connectivity index (χ0v) is 13.6. The maximum absolute atomic E-state index is 9.08. The first-order valence-electron chi connectivity index (χ1n) is 5.53. The van der Waals surface area contributed by atoms with Gasteiger partial charge in [0.25, 0.3) is 0 Å². The molecule has 17 heavy (non-hydrogen) atoms. The Morgan fingerprint density at radius 2 is 2.29 bits per heavy atom. The number of hydrogen-bond acceptors (Lipinski definition) is 4. The van der Waals surface area contributed by atoms with Crippen LogP contribution in [0.2, 0.25) is 0 Å². The van der Waals surface area contributed by atoms with Gasteiger partial charge in [-0.3, -0.25) is 4.67 Å². The van der Waals surface area contributed by atoms with Gasteiger partial charge in [0.05, 0.1) is 0 Å². The number of aliphatic hydroxyl groups excluding tert-OH is 1. The van der Waals surface area contributed by atoms with E-state index in [0.29, 0.717) is 12.1 Å². The molecule has 2 saturated heterocycles. The summed E-state index contributed by atoms with van der Waals surface area (Å²) in [6, 6.07) is 3.23. The van der Waals surface area contributed by atoms with E-state index in [9.17, 15) is 0 Å². The zero-order valence-electron chi connectivity index (χ0n) is 9.58. The third-order valence-electron chi connectivity index (χ3n) is 3.51. The second kappa shape index (κ2) is 5.58. The fourth-order valence-corrected chi connectivity index (χ4v) is 3.14. The molecule has 4 nitrogen and oxygen atoms in total. The number of hydrogen-bond donors (Lipinski definition) is 1. The van der Waals surface area contributed by atoms with E-state index in [1.54, 1.807) is 0 Å². The van der Waals surface area contributed by atoms with Crippen LogP contribution >= 0.6 is 9.39 Å². The van der Waals surface area contributed by atoms with Crippen molar-refractivity contribution >= 4 is 15.1 Å². The molecule has 2 aliphatic heterocycles. The molecule has 2 aliphatic rings. The SMILES string of the molecule is OCc1[c-]ncc(N2CC3CC2CN3P)c1.[Y]. The molecule has 0 aromatic carbocycles. The predicted octanol–water partition coefficient (Wildman–Crippen LogP) is 0.425. The molecule has 2 bridgehead atoms. The van der Waals surface area contributed by atoms with Gasteiger partial charge in [-0.25, -0.2) is 0 Å². The van der Waals surface area contributed by atoms with E-state index in [1.165, 1.54) is 6.42 Å². The Labute approximate surface area is 129 Å². The van der Waals surface area contributed by atoms with E-state index in [2.05, 4.69) is 30.1 Å². The van der Waals surface area contributed by atoms with Crippen LogP contribution in [-0.2, 0) is 39.3 Å². The number of piperazine rings is 1.